The molecule has 0 saturated heterocycles. The molecule has 0 heterocycles. The molecule has 0 unspecified atom stereocenters. The fourth-order valence-corrected chi connectivity index (χ4v) is 0.967. The van der Waals surface area contributed by atoms with Gasteiger partial charge in [-0.3, -0.25) is 0 Å². The van der Waals surface area contributed by atoms with E-state index in [4.69, 9.17) is 0 Å². The lowest BCUT2D eigenvalue weighted by atomic mass is 10.0. The Kier molecular flexibility index (Phi) is 5.77. The van der Waals surface area contributed by atoms with E-state index < -0.39 is 5.60 Å². The number of aliphatic hydroxyl groups is 1. The number of rotatable bonds is 3. The van der Waals surface area contributed by atoms with Crippen LogP contribution in [-0.2, 0) is 0 Å². The Labute approximate surface area is 98.8 Å². The van der Waals surface area contributed by atoms with Gasteiger partial charge in [0.1, 0.15) is 11.3 Å². The van der Waals surface area contributed by atoms with Crippen molar-refractivity contribution in [1.29, 1.82) is 0 Å². The highest BCUT2D eigenvalue weighted by molar-refractivity contribution is 5.80. The van der Waals surface area contributed by atoms with Crippen LogP contribution in [0.2, 0.25) is 0 Å². The second-order valence-electron chi connectivity index (χ2n) is 4.46. The average molecular weight is 219 g/mol. The van der Waals surface area contributed by atoms with Gasteiger partial charge in [0.25, 0.3) is 0 Å². The lowest BCUT2D eigenvalue weighted by Gasteiger charge is -2.06. The topological polar surface area (TPSA) is 32.6 Å². The van der Waals surface area contributed by atoms with E-state index in [2.05, 4.69) is 37.3 Å². The molecule has 88 valence electrons. The molecule has 0 rings (SSSR count). The van der Waals surface area contributed by atoms with Crippen LogP contribution >= 0.6 is 0 Å². The van der Waals surface area contributed by atoms with Crippen LogP contribution < -0.4 is 0 Å². The Hall–Kier alpha value is -1.33. The Morgan fingerprint density at radius 2 is 2.00 bits per heavy atom. The van der Waals surface area contributed by atoms with E-state index in [-0.39, 0.29) is 0 Å². The van der Waals surface area contributed by atoms with Gasteiger partial charge in [-0.2, -0.15) is 0 Å². The van der Waals surface area contributed by atoms with Crippen molar-refractivity contribution in [3.63, 3.8) is 0 Å². The summed E-state index contributed by atoms with van der Waals surface area (Å²) in [6.45, 7) is 13.2. The summed E-state index contributed by atoms with van der Waals surface area (Å²) in [6, 6.07) is 0. The molecule has 2 nitrogen and oxygen atoms in total. The van der Waals surface area contributed by atoms with Gasteiger partial charge in [0.2, 0.25) is 0 Å². The summed E-state index contributed by atoms with van der Waals surface area (Å²) in [6.07, 6.45) is 3.79. The van der Waals surface area contributed by atoms with Crippen molar-refractivity contribution >= 4 is 6.21 Å². The first-order valence-corrected chi connectivity index (χ1v) is 5.41. The van der Waals surface area contributed by atoms with E-state index in [1.807, 2.05) is 13.0 Å². The molecule has 16 heavy (non-hydrogen) atoms. The van der Waals surface area contributed by atoms with E-state index in [1.54, 1.807) is 20.1 Å². The zero-order valence-electron chi connectivity index (χ0n) is 10.8. The molecular weight excluding hydrogens is 198 g/mol. The van der Waals surface area contributed by atoms with Gasteiger partial charge in [-0.1, -0.05) is 32.4 Å². The number of hydrogen-bond donors (Lipinski definition) is 1. The molecule has 0 aromatic heterocycles. The monoisotopic (exact) mass is 219 g/mol. The third-order valence-electron chi connectivity index (χ3n) is 1.88. The van der Waals surface area contributed by atoms with Crippen LogP contribution in [0.4, 0.5) is 0 Å². The molecule has 0 bridgehead atoms. The lowest BCUT2D eigenvalue weighted by molar-refractivity contribution is 0.143. The molecule has 0 saturated carbocycles. The molecular formula is C14H21NO. The van der Waals surface area contributed by atoms with E-state index in [0.29, 0.717) is 11.6 Å². The molecule has 0 aliphatic heterocycles. The van der Waals surface area contributed by atoms with Gasteiger partial charge in [-0.15, -0.1) is 0 Å². The molecule has 0 aliphatic rings. The van der Waals surface area contributed by atoms with Crippen LogP contribution in [0.25, 0.3) is 0 Å². The molecule has 0 amide bonds. The first kappa shape index (κ1) is 14.7. The van der Waals surface area contributed by atoms with Crippen molar-refractivity contribution < 1.29 is 5.11 Å². The maximum Gasteiger partial charge on any atom is 0.120 e. The molecule has 0 fully saturated rings. The van der Waals surface area contributed by atoms with Crippen LogP contribution in [0, 0.1) is 17.8 Å². The molecule has 2 heteroatoms. The molecule has 1 N–H and O–H groups in total. The summed E-state index contributed by atoms with van der Waals surface area (Å²) >= 11 is 0. The summed E-state index contributed by atoms with van der Waals surface area (Å²) in [5, 5.41) is 9.40. The largest absolute Gasteiger partial charge is 0.378 e. The van der Waals surface area contributed by atoms with Crippen molar-refractivity contribution in [2.45, 2.75) is 40.2 Å². The predicted octanol–water partition coefficient (Wildman–Crippen LogP) is 2.95. The minimum Gasteiger partial charge on any atom is -0.378 e. The fraction of sp³-hybridized carbons (Fsp3) is 0.500. The normalized spacial score (nSPS) is 12.8. The SMILES string of the molecule is C=C(C#CC(C)(C)O)N=C/C(=C\C)C(C)C. The molecule has 0 aliphatic carbocycles. The van der Waals surface area contributed by atoms with Gasteiger partial charge in [0.15, 0.2) is 0 Å². The molecule has 0 aromatic rings. The standard InChI is InChI=1S/C14H21NO/c1-7-13(11(2)3)10-15-12(4)8-9-14(5,6)16/h7,10-11,16H,4H2,1-3,5-6H3/b13-7+,15-10?. The van der Waals surface area contributed by atoms with Crippen molar-refractivity contribution in [3.05, 3.63) is 23.9 Å². The molecule has 0 radical (unpaired) electrons. The zero-order chi connectivity index (χ0) is 12.8. The molecule has 0 spiro atoms. The second-order valence-corrected chi connectivity index (χ2v) is 4.46. The zero-order valence-corrected chi connectivity index (χ0v) is 10.8. The van der Waals surface area contributed by atoms with Gasteiger partial charge in [-0.05, 0) is 38.2 Å². The minimum atomic E-state index is -1.00. The summed E-state index contributed by atoms with van der Waals surface area (Å²) in [5.41, 5.74) is 0.605. The highest BCUT2D eigenvalue weighted by atomic mass is 16.3. The average Bonchev–Trinajstić information content (AvgIpc) is 2.14. The van der Waals surface area contributed by atoms with Gasteiger partial charge in [0.05, 0.1) is 0 Å². The number of aliphatic imine (C=N–C) groups is 1. The van der Waals surface area contributed by atoms with Gasteiger partial charge in [0, 0.05) is 6.21 Å². The van der Waals surface area contributed by atoms with Crippen molar-refractivity contribution in [1.82, 2.24) is 0 Å². The summed E-state index contributed by atoms with van der Waals surface area (Å²) in [5.74, 6) is 5.82. The minimum absolute atomic E-state index is 0.434. The van der Waals surface area contributed by atoms with E-state index >= 15 is 0 Å². The lowest BCUT2D eigenvalue weighted by Crippen LogP contribution is -2.14. The number of hydrogen-bond acceptors (Lipinski definition) is 2. The van der Waals surface area contributed by atoms with Gasteiger partial charge >= 0.3 is 0 Å². The Bertz CT molecular complexity index is 356. The van der Waals surface area contributed by atoms with Crippen LogP contribution in [0.1, 0.15) is 34.6 Å². The quantitative estimate of drug-likeness (QED) is 0.574. The highest BCUT2D eigenvalue weighted by Gasteiger charge is 2.05. The third kappa shape index (κ3) is 7.03. The maximum atomic E-state index is 9.40. The molecule has 0 aromatic carbocycles. The first-order valence-electron chi connectivity index (χ1n) is 5.41. The van der Waals surface area contributed by atoms with Crippen LogP contribution in [0.3, 0.4) is 0 Å². The Morgan fingerprint density at radius 3 is 2.38 bits per heavy atom. The maximum absolute atomic E-state index is 9.40. The van der Waals surface area contributed by atoms with Crippen molar-refractivity contribution in [2.24, 2.45) is 10.9 Å². The van der Waals surface area contributed by atoms with Crippen molar-refractivity contribution in [3.8, 4) is 11.8 Å². The van der Waals surface area contributed by atoms with Crippen molar-refractivity contribution in [2.75, 3.05) is 0 Å². The van der Waals surface area contributed by atoms with Crippen LogP contribution in [-0.4, -0.2) is 16.9 Å². The van der Waals surface area contributed by atoms with Crippen LogP contribution in [0.5, 0.6) is 0 Å². The summed E-state index contributed by atoms with van der Waals surface area (Å²) in [7, 11) is 0. The fourth-order valence-electron chi connectivity index (χ4n) is 0.967. The van der Waals surface area contributed by atoms with Crippen LogP contribution in [0.15, 0.2) is 28.9 Å². The third-order valence-corrected chi connectivity index (χ3v) is 1.88. The van der Waals surface area contributed by atoms with Gasteiger partial charge in [-0.25, -0.2) is 4.99 Å². The smallest absolute Gasteiger partial charge is 0.120 e. The number of nitrogens with zero attached hydrogens (tertiary/aromatic N) is 1. The number of allylic oxidation sites excluding steroid dienone is 3. The second kappa shape index (κ2) is 6.30. The highest BCUT2D eigenvalue weighted by Crippen LogP contribution is 2.07. The Morgan fingerprint density at radius 1 is 1.44 bits per heavy atom. The summed E-state index contributed by atoms with van der Waals surface area (Å²) < 4.78 is 0. The van der Waals surface area contributed by atoms with E-state index in [9.17, 15) is 5.11 Å². The first-order chi connectivity index (χ1) is 7.26. The predicted molar refractivity (Wildman–Crippen MR) is 70.3 cm³/mol. The Balaban J connectivity index is 4.57. The van der Waals surface area contributed by atoms with E-state index in [1.165, 1.54) is 0 Å². The summed E-state index contributed by atoms with van der Waals surface area (Å²) in [4.78, 5) is 4.15. The molecule has 0 atom stereocenters. The van der Waals surface area contributed by atoms with Gasteiger partial charge < -0.3 is 5.11 Å². The van der Waals surface area contributed by atoms with E-state index in [0.717, 1.165) is 5.57 Å².